The maximum Gasteiger partial charge on any atom is 0.328 e. The molecule has 0 atom stereocenters. The summed E-state index contributed by atoms with van der Waals surface area (Å²) in [5.41, 5.74) is 0.722. The molecule has 3 amide bonds. The number of hydrogen-bond acceptors (Lipinski definition) is 2. The highest BCUT2D eigenvalue weighted by molar-refractivity contribution is 6.01. The van der Waals surface area contributed by atoms with Gasteiger partial charge in [0.1, 0.15) is 0 Å². The molecule has 4 nitrogen and oxygen atoms in total. The standard InChI is InChI=1S/C15H20N2O2/c18-14-11-7-2-1-3-8-12-17(14)15(19)16-13-9-5-4-6-10-13/h4-6,9-10H,1-3,7-8,11-12H2,(H,16,19). The highest BCUT2D eigenvalue weighted by Crippen LogP contribution is 2.14. The van der Waals surface area contributed by atoms with Crippen LogP contribution in [0.2, 0.25) is 0 Å². The van der Waals surface area contributed by atoms with Crippen molar-refractivity contribution >= 4 is 17.6 Å². The van der Waals surface area contributed by atoms with E-state index in [9.17, 15) is 9.59 Å². The van der Waals surface area contributed by atoms with E-state index in [1.807, 2.05) is 30.3 Å². The third kappa shape index (κ3) is 4.09. The number of nitrogens with one attached hydrogen (secondary N) is 1. The van der Waals surface area contributed by atoms with Gasteiger partial charge in [-0.1, -0.05) is 37.5 Å². The van der Waals surface area contributed by atoms with E-state index in [0.717, 1.165) is 37.8 Å². The van der Waals surface area contributed by atoms with E-state index in [1.165, 1.54) is 4.90 Å². The van der Waals surface area contributed by atoms with Crippen LogP contribution in [0.4, 0.5) is 10.5 Å². The lowest BCUT2D eigenvalue weighted by atomic mass is 10.1. The van der Waals surface area contributed by atoms with Gasteiger partial charge in [-0.05, 0) is 25.0 Å². The summed E-state index contributed by atoms with van der Waals surface area (Å²) in [7, 11) is 0. The first kappa shape index (κ1) is 13.6. The molecule has 0 radical (unpaired) electrons. The van der Waals surface area contributed by atoms with Gasteiger partial charge in [0.05, 0.1) is 0 Å². The summed E-state index contributed by atoms with van der Waals surface area (Å²) in [4.78, 5) is 25.5. The van der Waals surface area contributed by atoms with Gasteiger partial charge in [0, 0.05) is 18.7 Å². The molecule has 1 N–H and O–H groups in total. The molecule has 0 saturated carbocycles. The summed E-state index contributed by atoms with van der Waals surface area (Å²) < 4.78 is 0. The van der Waals surface area contributed by atoms with Crippen LogP contribution in [-0.4, -0.2) is 23.4 Å². The van der Waals surface area contributed by atoms with Gasteiger partial charge in [-0.15, -0.1) is 0 Å². The van der Waals surface area contributed by atoms with Crippen molar-refractivity contribution in [1.29, 1.82) is 0 Å². The molecule has 2 rings (SSSR count). The molecule has 1 saturated heterocycles. The zero-order valence-corrected chi connectivity index (χ0v) is 11.1. The fourth-order valence-electron chi connectivity index (χ4n) is 2.26. The third-order valence-corrected chi connectivity index (χ3v) is 3.34. The van der Waals surface area contributed by atoms with E-state index >= 15 is 0 Å². The van der Waals surface area contributed by atoms with Crippen molar-refractivity contribution in [3.63, 3.8) is 0 Å². The first-order valence-corrected chi connectivity index (χ1v) is 6.94. The average Bonchev–Trinajstić information content (AvgIpc) is 2.52. The first-order valence-electron chi connectivity index (χ1n) is 6.94. The summed E-state index contributed by atoms with van der Waals surface area (Å²) in [6.07, 6.45) is 5.58. The van der Waals surface area contributed by atoms with Crippen LogP contribution in [0.3, 0.4) is 0 Å². The number of para-hydroxylation sites is 1. The highest BCUT2D eigenvalue weighted by atomic mass is 16.2. The minimum atomic E-state index is -0.307. The van der Waals surface area contributed by atoms with Crippen LogP contribution in [-0.2, 0) is 4.79 Å². The number of amides is 3. The molecule has 1 aromatic carbocycles. The molecule has 1 aliphatic rings. The molecule has 0 unspecified atom stereocenters. The van der Waals surface area contributed by atoms with Crippen LogP contribution in [0.1, 0.15) is 38.5 Å². The molecular weight excluding hydrogens is 240 g/mol. The number of rotatable bonds is 1. The van der Waals surface area contributed by atoms with Crippen LogP contribution in [0, 0.1) is 0 Å². The molecule has 1 heterocycles. The normalized spacial score (nSPS) is 17.3. The van der Waals surface area contributed by atoms with Crippen molar-refractivity contribution in [1.82, 2.24) is 4.90 Å². The predicted molar refractivity (Wildman–Crippen MR) is 74.9 cm³/mol. The Morgan fingerprint density at radius 3 is 2.47 bits per heavy atom. The molecule has 1 aromatic rings. The molecule has 0 bridgehead atoms. The van der Waals surface area contributed by atoms with E-state index in [1.54, 1.807) is 0 Å². The molecule has 1 aliphatic heterocycles. The van der Waals surface area contributed by atoms with Gasteiger partial charge in [0.2, 0.25) is 5.91 Å². The van der Waals surface area contributed by atoms with E-state index in [2.05, 4.69) is 5.32 Å². The molecule has 19 heavy (non-hydrogen) atoms. The highest BCUT2D eigenvalue weighted by Gasteiger charge is 2.21. The number of nitrogens with zero attached hydrogens (tertiary/aromatic N) is 1. The van der Waals surface area contributed by atoms with Gasteiger partial charge >= 0.3 is 6.03 Å². The van der Waals surface area contributed by atoms with E-state index < -0.39 is 0 Å². The molecule has 4 heteroatoms. The lowest BCUT2D eigenvalue weighted by Crippen LogP contribution is -2.40. The Morgan fingerprint density at radius 1 is 1.00 bits per heavy atom. The number of benzene rings is 1. The van der Waals surface area contributed by atoms with Gasteiger partial charge in [-0.25, -0.2) is 4.79 Å². The fraction of sp³-hybridized carbons (Fsp3) is 0.467. The number of anilines is 1. The number of carbonyl (C=O) groups is 2. The fourth-order valence-corrected chi connectivity index (χ4v) is 2.26. The number of hydrogen-bond donors (Lipinski definition) is 1. The van der Waals surface area contributed by atoms with Gasteiger partial charge in [-0.3, -0.25) is 9.69 Å². The quantitative estimate of drug-likeness (QED) is 0.841. The number of carbonyl (C=O) groups excluding carboxylic acids is 2. The lowest BCUT2D eigenvalue weighted by Gasteiger charge is -2.20. The summed E-state index contributed by atoms with van der Waals surface area (Å²) in [6, 6.07) is 8.93. The second-order valence-electron chi connectivity index (χ2n) is 4.86. The molecule has 1 fully saturated rings. The largest absolute Gasteiger partial charge is 0.328 e. The van der Waals surface area contributed by atoms with Crippen molar-refractivity contribution in [2.75, 3.05) is 11.9 Å². The van der Waals surface area contributed by atoms with Gasteiger partial charge in [0.25, 0.3) is 0 Å². The van der Waals surface area contributed by atoms with E-state index in [4.69, 9.17) is 0 Å². The van der Waals surface area contributed by atoms with Crippen LogP contribution in [0.15, 0.2) is 30.3 Å². The molecule has 0 spiro atoms. The molecule has 102 valence electrons. The number of urea groups is 1. The summed E-state index contributed by atoms with van der Waals surface area (Å²) >= 11 is 0. The Kier molecular flexibility index (Phi) is 4.95. The maximum absolute atomic E-state index is 12.1. The molecular formula is C15H20N2O2. The van der Waals surface area contributed by atoms with Crippen molar-refractivity contribution in [2.45, 2.75) is 38.5 Å². The lowest BCUT2D eigenvalue weighted by molar-refractivity contribution is -0.128. The minimum Gasteiger partial charge on any atom is -0.307 e. The van der Waals surface area contributed by atoms with Crippen molar-refractivity contribution in [3.8, 4) is 0 Å². The third-order valence-electron chi connectivity index (χ3n) is 3.34. The Hall–Kier alpha value is -1.84. The monoisotopic (exact) mass is 260 g/mol. The van der Waals surface area contributed by atoms with E-state index in [0.29, 0.717) is 13.0 Å². The zero-order valence-electron chi connectivity index (χ0n) is 11.1. The predicted octanol–water partition coefficient (Wildman–Crippen LogP) is 3.40. The topological polar surface area (TPSA) is 49.4 Å². The van der Waals surface area contributed by atoms with Crippen LogP contribution in [0.25, 0.3) is 0 Å². The summed E-state index contributed by atoms with van der Waals surface area (Å²) in [5, 5.41) is 2.78. The second-order valence-corrected chi connectivity index (χ2v) is 4.86. The average molecular weight is 260 g/mol. The van der Waals surface area contributed by atoms with Gasteiger partial charge in [0.15, 0.2) is 0 Å². The smallest absolute Gasteiger partial charge is 0.307 e. The first-order chi connectivity index (χ1) is 9.27. The Balaban J connectivity index is 2.00. The second kappa shape index (κ2) is 6.92. The van der Waals surface area contributed by atoms with E-state index in [-0.39, 0.29) is 11.9 Å². The minimum absolute atomic E-state index is 0.0599. The van der Waals surface area contributed by atoms with Crippen molar-refractivity contribution < 1.29 is 9.59 Å². The molecule has 0 aliphatic carbocycles. The Labute approximate surface area is 113 Å². The maximum atomic E-state index is 12.1. The van der Waals surface area contributed by atoms with Crippen molar-refractivity contribution in [2.24, 2.45) is 0 Å². The van der Waals surface area contributed by atoms with Gasteiger partial charge in [-0.2, -0.15) is 0 Å². The van der Waals surface area contributed by atoms with Crippen LogP contribution < -0.4 is 5.32 Å². The Morgan fingerprint density at radius 2 is 1.68 bits per heavy atom. The van der Waals surface area contributed by atoms with Gasteiger partial charge < -0.3 is 5.32 Å². The van der Waals surface area contributed by atoms with Crippen LogP contribution >= 0.6 is 0 Å². The Bertz CT molecular complexity index is 431. The SMILES string of the molecule is O=C1CCCCCCCN1C(=O)Nc1ccccc1. The summed E-state index contributed by atoms with van der Waals surface area (Å²) in [5.74, 6) is -0.0599. The van der Waals surface area contributed by atoms with Crippen molar-refractivity contribution in [3.05, 3.63) is 30.3 Å². The number of imide groups is 1. The zero-order chi connectivity index (χ0) is 13.5. The summed E-state index contributed by atoms with van der Waals surface area (Å²) in [6.45, 7) is 0.525. The molecule has 0 aromatic heterocycles. The van der Waals surface area contributed by atoms with Crippen LogP contribution in [0.5, 0.6) is 0 Å².